The number of halogens is 3. The van der Waals surface area contributed by atoms with Crippen molar-refractivity contribution in [1.29, 1.82) is 0 Å². The molecule has 0 radical (unpaired) electrons. The molecule has 0 aliphatic rings. The van der Waals surface area contributed by atoms with E-state index in [1.807, 2.05) is 22.2 Å². The van der Waals surface area contributed by atoms with E-state index in [0.29, 0.717) is 15.6 Å². The molecular weight excluding hydrogens is 519 g/mol. The zero-order valence-corrected chi connectivity index (χ0v) is 21.6. The zero-order chi connectivity index (χ0) is 24.8. The van der Waals surface area contributed by atoms with Gasteiger partial charge in [0.1, 0.15) is 25.3 Å². The molecule has 7 nitrogen and oxygen atoms in total. The lowest BCUT2D eigenvalue weighted by atomic mass is 9.98. The Hall–Kier alpha value is -2.58. The minimum Gasteiger partial charge on any atom is -0.454 e. The summed E-state index contributed by atoms with van der Waals surface area (Å²) in [6.07, 6.45) is 0. The fourth-order valence-electron chi connectivity index (χ4n) is 2.97. The van der Waals surface area contributed by atoms with Gasteiger partial charge in [0.2, 0.25) is 0 Å². The van der Waals surface area contributed by atoms with Gasteiger partial charge in [-0.3, -0.25) is 4.79 Å². The van der Waals surface area contributed by atoms with E-state index in [4.69, 9.17) is 14.4 Å². The minimum atomic E-state index is -2.11. The number of hydrogen-bond acceptors (Lipinski definition) is 6. The third kappa shape index (κ3) is 7.20. The smallest absolute Gasteiger partial charge is 0.273 e. The summed E-state index contributed by atoms with van der Waals surface area (Å²) in [7, 11) is 4.71. The largest absolute Gasteiger partial charge is 0.454 e. The number of likely N-dealkylation sites (N-methyl/N-ethyl adjacent to an activating group) is 1. The lowest BCUT2D eigenvalue weighted by Gasteiger charge is -2.20. The molecule has 11 heteroatoms. The van der Waals surface area contributed by atoms with E-state index >= 15 is 0 Å². The molecule has 0 fully saturated rings. The molecule has 0 aliphatic carbocycles. The number of alkyl halides is 1. The Morgan fingerprint density at radius 1 is 1.30 bits per heavy atom. The number of carbonyl (C=O) groups is 1. The lowest BCUT2D eigenvalue weighted by Crippen LogP contribution is -2.29. The fraction of sp³-hybridized carbons (Fsp3) is 0.318. The first-order chi connectivity index (χ1) is 15.5. The van der Waals surface area contributed by atoms with Gasteiger partial charge in [0, 0.05) is 29.6 Å². The lowest BCUT2D eigenvalue weighted by molar-refractivity contribution is -0.114. The number of amides is 1. The van der Waals surface area contributed by atoms with Crippen LogP contribution in [-0.4, -0.2) is 37.1 Å². The van der Waals surface area contributed by atoms with Gasteiger partial charge in [-0.2, -0.15) is 4.39 Å². The van der Waals surface area contributed by atoms with Crippen LogP contribution in [0.4, 0.5) is 8.78 Å². The number of rotatable bonds is 9. The van der Waals surface area contributed by atoms with Crippen molar-refractivity contribution in [3.05, 3.63) is 62.9 Å². The third-order valence-electron chi connectivity index (χ3n) is 4.39. The third-order valence-corrected chi connectivity index (χ3v) is 4.97. The van der Waals surface area contributed by atoms with Crippen LogP contribution in [0.2, 0.25) is 0 Å². The maximum atomic E-state index is 14.7. The average molecular weight is 544 g/mol. The van der Waals surface area contributed by atoms with E-state index in [1.54, 1.807) is 12.1 Å². The second-order valence-electron chi connectivity index (χ2n) is 7.10. The molecule has 178 valence electrons. The maximum absolute atomic E-state index is 14.7. The summed E-state index contributed by atoms with van der Waals surface area (Å²) < 4.78 is 34.3. The van der Waals surface area contributed by atoms with Crippen LogP contribution in [0.3, 0.4) is 0 Å². The summed E-state index contributed by atoms with van der Waals surface area (Å²) in [6, 6.07) is 7.98. The first-order valence-electron chi connectivity index (χ1n) is 9.73. The van der Waals surface area contributed by atoms with Crippen molar-refractivity contribution in [2.45, 2.75) is 33.0 Å². The molecule has 2 aromatic rings. The van der Waals surface area contributed by atoms with Crippen LogP contribution < -0.4 is 10.1 Å². The van der Waals surface area contributed by atoms with Gasteiger partial charge >= 0.3 is 0 Å². The number of nitrogens with zero attached hydrogens (tertiary/aromatic N) is 2. The molecule has 0 aromatic heterocycles. The van der Waals surface area contributed by atoms with Gasteiger partial charge in [-0.25, -0.2) is 4.39 Å². The Balaban J connectivity index is 2.39. The summed E-state index contributed by atoms with van der Waals surface area (Å²) in [5.41, 5.74) is 0.0128. The molecule has 0 spiro atoms. The SMILES string of the molecule is CNC(=O)/C(=N/OC)c1cccc(C)c1CO/N=C(\C)c1c(F)cc(Br)cc1OC(C)(F)P. The first kappa shape index (κ1) is 26.7. The van der Waals surface area contributed by atoms with Gasteiger partial charge in [0.25, 0.3) is 11.5 Å². The summed E-state index contributed by atoms with van der Waals surface area (Å²) in [6.45, 7) is 4.49. The van der Waals surface area contributed by atoms with Gasteiger partial charge in [0.15, 0.2) is 5.71 Å². The minimum absolute atomic E-state index is 0.0403. The van der Waals surface area contributed by atoms with Crippen LogP contribution in [0.25, 0.3) is 0 Å². The highest BCUT2D eigenvalue weighted by atomic mass is 79.9. The van der Waals surface area contributed by atoms with E-state index < -0.39 is 17.3 Å². The van der Waals surface area contributed by atoms with Gasteiger partial charge < -0.3 is 19.7 Å². The predicted octanol–water partition coefficient (Wildman–Crippen LogP) is 4.83. The summed E-state index contributed by atoms with van der Waals surface area (Å²) in [5, 5.41) is 10.3. The van der Waals surface area contributed by atoms with Gasteiger partial charge in [-0.05, 0) is 31.5 Å². The standard InChI is InChI=1S/C22H25BrF2N3O4P/c1-12-7-6-8-15(20(28-30-5)21(29)26-4)16(12)11-31-27-13(2)19-17(24)9-14(23)10-18(19)32-22(3,25)33/h6-10H,11,33H2,1-5H3,(H,26,29)/b27-13+,28-20+. The molecule has 2 aromatic carbocycles. The first-order valence-corrected chi connectivity index (χ1v) is 11.1. The normalized spacial score (nSPS) is 13.8. The number of oxime groups is 2. The molecule has 33 heavy (non-hydrogen) atoms. The van der Waals surface area contributed by atoms with Crippen molar-refractivity contribution in [2.75, 3.05) is 14.2 Å². The average Bonchev–Trinajstić information content (AvgIpc) is 2.71. The number of carbonyl (C=O) groups excluding carboxylic acids is 1. The molecular formula is C22H25BrF2N3O4P. The molecule has 0 saturated heterocycles. The van der Waals surface area contributed by atoms with Gasteiger partial charge in [-0.15, -0.1) is 0 Å². The molecule has 0 aliphatic heterocycles. The van der Waals surface area contributed by atoms with E-state index in [9.17, 15) is 13.6 Å². The summed E-state index contributed by atoms with van der Waals surface area (Å²) in [4.78, 5) is 22.6. The fourth-order valence-corrected chi connectivity index (χ4v) is 3.51. The van der Waals surface area contributed by atoms with E-state index in [-0.39, 0.29) is 29.3 Å². The van der Waals surface area contributed by atoms with Crippen molar-refractivity contribution in [1.82, 2.24) is 5.32 Å². The Bertz CT molecular complexity index is 1090. The van der Waals surface area contributed by atoms with Crippen LogP contribution in [0.5, 0.6) is 5.75 Å². The summed E-state index contributed by atoms with van der Waals surface area (Å²) in [5.74, 6) is -1.14. The molecule has 0 saturated carbocycles. The topological polar surface area (TPSA) is 81.5 Å². The molecule has 1 N–H and O–H groups in total. The molecule has 2 unspecified atom stereocenters. The predicted molar refractivity (Wildman–Crippen MR) is 130 cm³/mol. The molecule has 0 bridgehead atoms. The van der Waals surface area contributed by atoms with E-state index in [2.05, 4.69) is 31.6 Å². The van der Waals surface area contributed by atoms with Crippen molar-refractivity contribution >= 4 is 42.5 Å². The number of nitrogens with one attached hydrogen (secondary N) is 1. The van der Waals surface area contributed by atoms with Crippen molar-refractivity contribution < 1.29 is 28.0 Å². The van der Waals surface area contributed by atoms with Crippen molar-refractivity contribution in [3.63, 3.8) is 0 Å². The quantitative estimate of drug-likeness (QED) is 0.279. The Morgan fingerprint density at radius 3 is 2.61 bits per heavy atom. The van der Waals surface area contributed by atoms with Crippen LogP contribution in [0, 0.1) is 12.7 Å². The van der Waals surface area contributed by atoms with Crippen molar-refractivity contribution in [3.8, 4) is 5.75 Å². The van der Waals surface area contributed by atoms with Gasteiger partial charge in [-0.1, -0.05) is 53.7 Å². The van der Waals surface area contributed by atoms with Crippen LogP contribution in [0.1, 0.15) is 36.1 Å². The Morgan fingerprint density at radius 2 is 2.00 bits per heavy atom. The number of benzene rings is 2. The highest BCUT2D eigenvalue weighted by molar-refractivity contribution is 9.10. The highest BCUT2D eigenvalue weighted by Gasteiger charge is 2.24. The van der Waals surface area contributed by atoms with Crippen molar-refractivity contribution in [2.24, 2.45) is 10.3 Å². The maximum Gasteiger partial charge on any atom is 0.273 e. The molecule has 2 rings (SSSR count). The number of hydrogen-bond donors (Lipinski definition) is 1. The monoisotopic (exact) mass is 543 g/mol. The molecule has 1 amide bonds. The van der Waals surface area contributed by atoms with Crippen LogP contribution in [0.15, 0.2) is 45.1 Å². The van der Waals surface area contributed by atoms with Crippen LogP contribution in [-0.2, 0) is 21.1 Å². The van der Waals surface area contributed by atoms with Gasteiger partial charge in [0.05, 0.1) is 11.3 Å². The molecule has 0 heterocycles. The van der Waals surface area contributed by atoms with E-state index in [0.717, 1.165) is 5.56 Å². The summed E-state index contributed by atoms with van der Waals surface area (Å²) >= 11 is 3.17. The van der Waals surface area contributed by atoms with Crippen LogP contribution >= 0.6 is 25.2 Å². The van der Waals surface area contributed by atoms with E-state index in [1.165, 1.54) is 40.1 Å². The molecule has 2 atom stereocenters. The Kier molecular flexibility index (Phi) is 9.31. The number of aryl methyl sites for hydroxylation is 1. The second kappa shape index (κ2) is 11.5. The number of ether oxygens (including phenoxy) is 1. The Labute approximate surface area is 201 Å². The zero-order valence-electron chi connectivity index (χ0n) is 18.8. The second-order valence-corrected chi connectivity index (χ2v) is 9.05. The highest BCUT2D eigenvalue weighted by Crippen LogP contribution is 2.33.